The predicted octanol–water partition coefficient (Wildman–Crippen LogP) is 4.99. The molecule has 0 saturated heterocycles. The smallest absolute Gasteiger partial charge is 0.416 e. The first-order chi connectivity index (χ1) is 15.5. The Morgan fingerprint density at radius 3 is 2.67 bits per heavy atom. The highest BCUT2D eigenvalue weighted by Crippen LogP contribution is 2.43. The second-order valence-electron chi connectivity index (χ2n) is 8.59. The normalized spacial score (nSPS) is 22.2. The lowest BCUT2D eigenvalue weighted by Gasteiger charge is -2.38. The lowest BCUT2D eigenvalue weighted by Crippen LogP contribution is -2.45. The van der Waals surface area contributed by atoms with Crippen LogP contribution in [0.15, 0.2) is 36.4 Å². The minimum Gasteiger partial charge on any atom is -0.484 e. The van der Waals surface area contributed by atoms with Crippen LogP contribution < -0.4 is 20.3 Å². The molecule has 0 unspecified atom stereocenters. The van der Waals surface area contributed by atoms with Crippen molar-refractivity contribution in [3.63, 3.8) is 0 Å². The molecule has 33 heavy (non-hydrogen) atoms. The van der Waals surface area contributed by atoms with E-state index < -0.39 is 36.1 Å². The summed E-state index contributed by atoms with van der Waals surface area (Å²) in [6, 6.07) is 6.81. The van der Waals surface area contributed by atoms with Crippen LogP contribution in [0.4, 0.5) is 33.7 Å². The molecule has 0 aliphatic carbocycles. The second-order valence-corrected chi connectivity index (χ2v) is 8.59. The number of anilines is 2. The van der Waals surface area contributed by atoms with E-state index in [0.29, 0.717) is 29.8 Å². The molecule has 0 aromatic heterocycles. The summed E-state index contributed by atoms with van der Waals surface area (Å²) < 4.78 is 58.6. The van der Waals surface area contributed by atoms with Gasteiger partial charge in [-0.1, -0.05) is 12.1 Å². The second kappa shape index (κ2) is 8.24. The van der Waals surface area contributed by atoms with Crippen LogP contribution in [0.5, 0.6) is 5.75 Å². The maximum Gasteiger partial charge on any atom is 0.416 e. The van der Waals surface area contributed by atoms with Crippen LogP contribution in [0.1, 0.15) is 42.5 Å². The van der Waals surface area contributed by atoms with E-state index in [9.17, 15) is 27.2 Å². The van der Waals surface area contributed by atoms with Gasteiger partial charge < -0.3 is 20.3 Å². The predicted molar refractivity (Wildman–Crippen MR) is 114 cm³/mol. The molecule has 2 heterocycles. The van der Waals surface area contributed by atoms with Crippen LogP contribution in [-0.2, 0) is 17.4 Å². The van der Waals surface area contributed by atoms with E-state index in [4.69, 9.17) is 4.74 Å². The zero-order chi connectivity index (χ0) is 24.0. The van der Waals surface area contributed by atoms with Gasteiger partial charge in [0, 0.05) is 36.8 Å². The van der Waals surface area contributed by atoms with Crippen molar-refractivity contribution >= 4 is 23.3 Å². The van der Waals surface area contributed by atoms with Crippen molar-refractivity contribution in [2.45, 2.75) is 44.0 Å². The molecule has 4 rings (SSSR count). The molecule has 3 amide bonds. The van der Waals surface area contributed by atoms with E-state index in [2.05, 4.69) is 10.6 Å². The summed E-state index contributed by atoms with van der Waals surface area (Å²) in [5.74, 6) is -0.137. The number of alkyl halides is 4. The van der Waals surface area contributed by atoms with Crippen molar-refractivity contribution in [2.24, 2.45) is 0 Å². The molecule has 2 aromatic carbocycles. The van der Waals surface area contributed by atoms with Crippen molar-refractivity contribution in [1.82, 2.24) is 5.32 Å². The van der Waals surface area contributed by atoms with Gasteiger partial charge in [0.05, 0.1) is 11.6 Å². The van der Waals surface area contributed by atoms with Gasteiger partial charge in [-0.2, -0.15) is 13.2 Å². The topological polar surface area (TPSA) is 70.7 Å². The van der Waals surface area contributed by atoms with Crippen LogP contribution in [0.3, 0.4) is 0 Å². The van der Waals surface area contributed by atoms with Crippen LogP contribution in [-0.4, -0.2) is 31.3 Å². The quantitative estimate of drug-likeness (QED) is 0.628. The monoisotopic (exact) mass is 465 g/mol. The van der Waals surface area contributed by atoms with Crippen molar-refractivity contribution in [1.29, 1.82) is 0 Å². The number of nitrogens with one attached hydrogen (secondary N) is 2. The number of urea groups is 1. The number of halogens is 4. The number of amides is 3. The third-order valence-corrected chi connectivity index (χ3v) is 5.98. The SMILES string of the molecule is CN1C(=O)CCc2ccc(NC(=O)N[C@@H]3C[C@](C)(CF)Oc4cc(C(F)(F)F)ccc43)cc21. The first-order valence-electron chi connectivity index (χ1n) is 10.4. The van der Waals surface area contributed by atoms with Gasteiger partial charge in [-0.3, -0.25) is 4.79 Å². The summed E-state index contributed by atoms with van der Waals surface area (Å²) in [6.07, 6.45) is -3.51. The highest BCUT2D eigenvalue weighted by atomic mass is 19.4. The van der Waals surface area contributed by atoms with Gasteiger partial charge in [0.2, 0.25) is 5.91 Å². The Morgan fingerprint density at radius 2 is 1.97 bits per heavy atom. The minimum absolute atomic E-state index is 0.0216. The molecule has 2 aliphatic rings. The largest absolute Gasteiger partial charge is 0.484 e. The van der Waals surface area contributed by atoms with Crippen molar-refractivity contribution < 1.29 is 31.9 Å². The Hall–Kier alpha value is -3.30. The lowest BCUT2D eigenvalue weighted by molar-refractivity contribution is -0.137. The van der Waals surface area contributed by atoms with E-state index in [1.165, 1.54) is 17.9 Å². The van der Waals surface area contributed by atoms with Crippen molar-refractivity contribution in [3.05, 3.63) is 53.1 Å². The van der Waals surface area contributed by atoms with Gasteiger partial charge >= 0.3 is 12.2 Å². The van der Waals surface area contributed by atoms with Gasteiger partial charge in [-0.05, 0) is 43.2 Å². The average Bonchev–Trinajstić information content (AvgIpc) is 2.75. The van der Waals surface area contributed by atoms with Gasteiger partial charge in [0.25, 0.3) is 0 Å². The van der Waals surface area contributed by atoms with Crippen LogP contribution in [0.2, 0.25) is 0 Å². The number of carbonyl (C=O) groups excluding carboxylic acids is 2. The number of rotatable bonds is 3. The number of fused-ring (bicyclic) bond motifs is 2. The summed E-state index contributed by atoms with van der Waals surface area (Å²) in [7, 11) is 1.66. The third-order valence-electron chi connectivity index (χ3n) is 5.98. The van der Waals surface area contributed by atoms with Gasteiger partial charge in [-0.15, -0.1) is 0 Å². The molecule has 0 fully saturated rings. The molecule has 2 N–H and O–H groups in total. The molecule has 2 aliphatic heterocycles. The molecule has 6 nitrogen and oxygen atoms in total. The fourth-order valence-electron chi connectivity index (χ4n) is 4.18. The Kier molecular flexibility index (Phi) is 5.71. The third kappa shape index (κ3) is 4.60. The Balaban J connectivity index is 1.55. The molecule has 0 spiro atoms. The van der Waals surface area contributed by atoms with E-state index in [0.717, 1.165) is 17.7 Å². The Labute approximate surface area is 187 Å². The number of ether oxygens (including phenoxy) is 1. The summed E-state index contributed by atoms with van der Waals surface area (Å²) in [5, 5.41) is 5.40. The molecule has 0 bridgehead atoms. The maximum atomic E-state index is 13.7. The number of nitrogens with zero attached hydrogens (tertiary/aromatic N) is 1. The van der Waals surface area contributed by atoms with E-state index in [1.54, 1.807) is 19.2 Å². The number of aryl methyl sites for hydroxylation is 1. The summed E-state index contributed by atoms with van der Waals surface area (Å²) in [5.41, 5.74) is 0.163. The van der Waals surface area contributed by atoms with Gasteiger partial charge in [0.15, 0.2) is 0 Å². The van der Waals surface area contributed by atoms with E-state index in [1.807, 2.05) is 6.07 Å². The fraction of sp³-hybridized carbons (Fsp3) is 0.391. The molecule has 176 valence electrons. The summed E-state index contributed by atoms with van der Waals surface area (Å²) >= 11 is 0. The number of hydrogen-bond donors (Lipinski definition) is 2. The molecule has 0 radical (unpaired) electrons. The summed E-state index contributed by atoms with van der Waals surface area (Å²) in [6.45, 7) is 0.507. The number of hydrogen-bond acceptors (Lipinski definition) is 3. The Morgan fingerprint density at radius 1 is 1.21 bits per heavy atom. The molecule has 0 saturated carbocycles. The highest BCUT2D eigenvalue weighted by molar-refractivity contribution is 5.97. The maximum absolute atomic E-state index is 13.7. The number of carbonyl (C=O) groups is 2. The lowest BCUT2D eigenvalue weighted by atomic mass is 9.88. The van der Waals surface area contributed by atoms with Gasteiger partial charge in [-0.25, -0.2) is 9.18 Å². The van der Waals surface area contributed by atoms with Crippen molar-refractivity contribution in [3.8, 4) is 5.75 Å². The average molecular weight is 465 g/mol. The number of benzene rings is 2. The van der Waals surface area contributed by atoms with Crippen LogP contribution in [0.25, 0.3) is 0 Å². The van der Waals surface area contributed by atoms with E-state index >= 15 is 0 Å². The standard InChI is InChI=1S/C23H23F4N3O3/c1-22(12-24)11-17(16-7-5-14(23(25,26)27)9-19(16)33-22)29-21(32)28-15-6-3-13-4-8-20(31)30(2)18(13)10-15/h3,5-7,9-10,17H,4,8,11-12H2,1-2H3,(H2,28,29,32)/t17-,22-/m1/s1. The summed E-state index contributed by atoms with van der Waals surface area (Å²) in [4.78, 5) is 26.2. The molecule has 2 atom stereocenters. The highest BCUT2D eigenvalue weighted by Gasteiger charge is 2.40. The molecule has 10 heteroatoms. The first kappa shape index (κ1) is 22.9. The first-order valence-corrected chi connectivity index (χ1v) is 10.4. The van der Waals surface area contributed by atoms with Crippen LogP contribution in [0, 0.1) is 0 Å². The minimum atomic E-state index is -4.58. The molecule has 2 aromatic rings. The van der Waals surface area contributed by atoms with E-state index in [-0.39, 0.29) is 18.1 Å². The zero-order valence-electron chi connectivity index (χ0n) is 18.1. The zero-order valence-corrected chi connectivity index (χ0v) is 18.1. The van der Waals surface area contributed by atoms with Crippen molar-refractivity contribution in [2.75, 3.05) is 23.9 Å². The molecular formula is C23H23F4N3O3. The fourth-order valence-corrected chi connectivity index (χ4v) is 4.18. The van der Waals surface area contributed by atoms with Gasteiger partial charge in [0.1, 0.15) is 18.0 Å². The molecular weight excluding hydrogens is 442 g/mol. The Bertz CT molecular complexity index is 1100. The van der Waals surface area contributed by atoms with Crippen LogP contribution >= 0.6 is 0 Å².